The minimum absolute atomic E-state index is 0.338. The van der Waals surface area contributed by atoms with Crippen molar-refractivity contribution in [3.63, 3.8) is 0 Å². The van der Waals surface area contributed by atoms with Crippen molar-refractivity contribution >= 4 is 0 Å². The Morgan fingerprint density at radius 1 is 1.50 bits per heavy atom. The SMILES string of the molecule is CCCCC(N)C1=CC(C)C(C)CC1. The number of allylic oxidation sites excluding steroid dienone is 1. The standard InChI is InChI=1S/C13H25N/c1-4-5-6-13(14)12-8-7-10(2)11(3)9-12/h9-11,13H,4-8,14H2,1-3H3. The Labute approximate surface area is 88.8 Å². The summed E-state index contributed by atoms with van der Waals surface area (Å²) in [5.74, 6) is 1.57. The number of nitrogens with two attached hydrogens (primary N) is 1. The van der Waals surface area contributed by atoms with Crippen LogP contribution >= 0.6 is 0 Å². The minimum Gasteiger partial charge on any atom is -0.324 e. The highest BCUT2D eigenvalue weighted by Crippen LogP contribution is 2.30. The van der Waals surface area contributed by atoms with Gasteiger partial charge in [-0.05, 0) is 31.1 Å². The Morgan fingerprint density at radius 2 is 2.21 bits per heavy atom. The summed E-state index contributed by atoms with van der Waals surface area (Å²) in [6, 6.07) is 0.338. The van der Waals surface area contributed by atoms with Gasteiger partial charge in [0.1, 0.15) is 0 Å². The van der Waals surface area contributed by atoms with Crippen LogP contribution in [0.15, 0.2) is 11.6 Å². The molecular formula is C13H25N. The average molecular weight is 195 g/mol. The van der Waals surface area contributed by atoms with Crippen LogP contribution in [0.4, 0.5) is 0 Å². The first-order chi connectivity index (χ1) is 6.65. The van der Waals surface area contributed by atoms with Gasteiger partial charge in [-0.2, -0.15) is 0 Å². The molecule has 0 aromatic heterocycles. The smallest absolute Gasteiger partial charge is 0.0253 e. The van der Waals surface area contributed by atoms with Crippen molar-refractivity contribution in [2.75, 3.05) is 0 Å². The Balaban J connectivity index is 2.47. The maximum absolute atomic E-state index is 6.17. The van der Waals surface area contributed by atoms with Gasteiger partial charge in [0.2, 0.25) is 0 Å². The Hall–Kier alpha value is -0.300. The first kappa shape index (κ1) is 11.8. The van der Waals surface area contributed by atoms with E-state index in [1.54, 1.807) is 0 Å². The average Bonchev–Trinajstić information content (AvgIpc) is 2.18. The van der Waals surface area contributed by atoms with Crippen molar-refractivity contribution in [2.24, 2.45) is 17.6 Å². The largest absolute Gasteiger partial charge is 0.324 e. The fourth-order valence-electron chi connectivity index (χ4n) is 2.16. The van der Waals surface area contributed by atoms with Crippen LogP contribution in [0.25, 0.3) is 0 Å². The van der Waals surface area contributed by atoms with Gasteiger partial charge in [0.05, 0.1) is 0 Å². The minimum atomic E-state index is 0.338. The summed E-state index contributed by atoms with van der Waals surface area (Å²) in [6.45, 7) is 6.89. The number of unbranched alkanes of at least 4 members (excludes halogenated alkanes) is 1. The Kier molecular flexibility index (Phi) is 4.67. The van der Waals surface area contributed by atoms with E-state index in [0.29, 0.717) is 6.04 Å². The highest BCUT2D eigenvalue weighted by molar-refractivity contribution is 5.14. The van der Waals surface area contributed by atoms with Crippen molar-refractivity contribution in [3.8, 4) is 0 Å². The van der Waals surface area contributed by atoms with Crippen molar-refractivity contribution in [1.29, 1.82) is 0 Å². The lowest BCUT2D eigenvalue weighted by Gasteiger charge is -2.27. The van der Waals surface area contributed by atoms with E-state index in [9.17, 15) is 0 Å². The molecule has 0 bridgehead atoms. The topological polar surface area (TPSA) is 26.0 Å². The molecule has 1 rings (SSSR count). The zero-order valence-electron chi connectivity index (χ0n) is 9.92. The molecule has 3 atom stereocenters. The van der Waals surface area contributed by atoms with Crippen molar-refractivity contribution in [2.45, 2.75) is 58.9 Å². The zero-order chi connectivity index (χ0) is 10.6. The van der Waals surface area contributed by atoms with E-state index in [0.717, 1.165) is 11.8 Å². The van der Waals surface area contributed by atoms with E-state index >= 15 is 0 Å². The summed E-state index contributed by atoms with van der Waals surface area (Å²) < 4.78 is 0. The predicted octanol–water partition coefficient (Wildman–Crippen LogP) is 3.50. The lowest BCUT2D eigenvalue weighted by molar-refractivity contribution is 0.392. The molecule has 82 valence electrons. The second-order valence-electron chi connectivity index (χ2n) is 4.87. The van der Waals surface area contributed by atoms with E-state index in [2.05, 4.69) is 26.8 Å². The summed E-state index contributed by atoms with van der Waals surface area (Å²) in [5.41, 5.74) is 7.69. The van der Waals surface area contributed by atoms with E-state index in [1.165, 1.54) is 37.7 Å². The molecule has 14 heavy (non-hydrogen) atoms. The molecule has 1 heteroatoms. The monoisotopic (exact) mass is 195 g/mol. The van der Waals surface area contributed by atoms with Crippen molar-refractivity contribution in [3.05, 3.63) is 11.6 Å². The lowest BCUT2D eigenvalue weighted by atomic mass is 9.80. The third-order valence-electron chi connectivity index (χ3n) is 3.61. The second kappa shape index (κ2) is 5.55. The first-order valence-corrected chi connectivity index (χ1v) is 6.11. The number of hydrogen-bond donors (Lipinski definition) is 1. The summed E-state index contributed by atoms with van der Waals surface area (Å²) in [5, 5.41) is 0. The molecule has 0 aromatic rings. The second-order valence-corrected chi connectivity index (χ2v) is 4.87. The van der Waals surface area contributed by atoms with E-state index in [1.807, 2.05) is 0 Å². The van der Waals surface area contributed by atoms with E-state index in [-0.39, 0.29) is 0 Å². The number of hydrogen-bond acceptors (Lipinski definition) is 1. The van der Waals surface area contributed by atoms with Gasteiger partial charge in [0.25, 0.3) is 0 Å². The molecule has 1 aliphatic rings. The van der Waals surface area contributed by atoms with Gasteiger partial charge >= 0.3 is 0 Å². The molecule has 0 spiro atoms. The molecule has 0 heterocycles. The molecule has 0 fully saturated rings. The third-order valence-corrected chi connectivity index (χ3v) is 3.61. The van der Waals surface area contributed by atoms with Crippen LogP contribution in [0.1, 0.15) is 52.9 Å². The van der Waals surface area contributed by atoms with Crippen LogP contribution < -0.4 is 5.73 Å². The van der Waals surface area contributed by atoms with E-state index < -0.39 is 0 Å². The molecule has 0 saturated heterocycles. The van der Waals surface area contributed by atoms with Crippen LogP contribution in [0.2, 0.25) is 0 Å². The molecule has 1 nitrogen and oxygen atoms in total. The van der Waals surface area contributed by atoms with Crippen LogP contribution in [0.5, 0.6) is 0 Å². The van der Waals surface area contributed by atoms with Gasteiger partial charge in [-0.15, -0.1) is 0 Å². The molecule has 0 aliphatic heterocycles. The first-order valence-electron chi connectivity index (χ1n) is 6.11. The maximum atomic E-state index is 6.17. The molecule has 0 amide bonds. The summed E-state index contributed by atoms with van der Waals surface area (Å²) in [7, 11) is 0. The van der Waals surface area contributed by atoms with Gasteiger partial charge in [-0.1, -0.05) is 45.3 Å². The Morgan fingerprint density at radius 3 is 2.79 bits per heavy atom. The van der Waals surface area contributed by atoms with Gasteiger partial charge in [-0.3, -0.25) is 0 Å². The molecule has 2 N–H and O–H groups in total. The van der Waals surface area contributed by atoms with Crippen LogP contribution in [-0.4, -0.2) is 6.04 Å². The lowest BCUT2D eigenvalue weighted by Crippen LogP contribution is -2.26. The molecular weight excluding hydrogens is 170 g/mol. The molecule has 0 aromatic carbocycles. The van der Waals surface area contributed by atoms with Crippen LogP contribution in [0.3, 0.4) is 0 Å². The summed E-state index contributed by atoms with van der Waals surface area (Å²) in [6.07, 6.45) is 8.68. The highest BCUT2D eigenvalue weighted by Gasteiger charge is 2.19. The Bertz CT molecular complexity index is 195. The van der Waals surface area contributed by atoms with Gasteiger partial charge in [-0.25, -0.2) is 0 Å². The normalized spacial score (nSPS) is 29.9. The molecule has 0 saturated carbocycles. The maximum Gasteiger partial charge on any atom is 0.0253 e. The highest BCUT2D eigenvalue weighted by atomic mass is 14.6. The predicted molar refractivity (Wildman–Crippen MR) is 63.1 cm³/mol. The summed E-state index contributed by atoms with van der Waals surface area (Å²) in [4.78, 5) is 0. The van der Waals surface area contributed by atoms with Gasteiger partial charge < -0.3 is 5.73 Å². The van der Waals surface area contributed by atoms with Crippen molar-refractivity contribution < 1.29 is 0 Å². The quantitative estimate of drug-likeness (QED) is 0.683. The molecule has 0 radical (unpaired) electrons. The van der Waals surface area contributed by atoms with Gasteiger partial charge in [0.15, 0.2) is 0 Å². The van der Waals surface area contributed by atoms with Crippen molar-refractivity contribution in [1.82, 2.24) is 0 Å². The third kappa shape index (κ3) is 3.13. The van der Waals surface area contributed by atoms with E-state index in [4.69, 9.17) is 5.73 Å². The van der Waals surface area contributed by atoms with Crippen LogP contribution in [0, 0.1) is 11.8 Å². The summed E-state index contributed by atoms with van der Waals surface area (Å²) >= 11 is 0. The zero-order valence-corrected chi connectivity index (χ0v) is 9.92. The van der Waals surface area contributed by atoms with Gasteiger partial charge in [0, 0.05) is 6.04 Å². The molecule has 1 aliphatic carbocycles. The fraction of sp³-hybridized carbons (Fsp3) is 0.846. The fourth-order valence-corrected chi connectivity index (χ4v) is 2.16. The molecule has 3 unspecified atom stereocenters. The van der Waals surface area contributed by atoms with Crippen LogP contribution in [-0.2, 0) is 0 Å². The number of rotatable bonds is 4.